The van der Waals surface area contributed by atoms with E-state index < -0.39 is 5.41 Å². The summed E-state index contributed by atoms with van der Waals surface area (Å²) in [5, 5.41) is 7.03. The van der Waals surface area contributed by atoms with E-state index in [9.17, 15) is 4.79 Å². The molecule has 0 fully saturated rings. The molecule has 0 radical (unpaired) electrons. The molecule has 116 valence electrons. The van der Waals surface area contributed by atoms with E-state index in [1.807, 2.05) is 26.8 Å². The number of halogens is 2. The predicted octanol–water partition coefficient (Wildman–Crippen LogP) is 5.12. The second-order valence-electron chi connectivity index (χ2n) is 5.92. The van der Waals surface area contributed by atoms with Gasteiger partial charge in [0.05, 0.1) is 11.9 Å². The van der Waals surface area contributed by atoms with Crippen molar-refractivity contribution in [2.24, 2.45) is 5.41 Å². The van der Waals surface area contributed by atoms with Gasteiger partial charge in [-0.2, -0.15) is 0 Å². The molecule has 4 nitrogen and oxygen atoms in total. The molecule has 0 saturated carbocycles. The summed E-state index contributed by atoms with van der Waals surface area (Å²) in [6.07, 6.45) is 1.63. The van der Waals surface area contributed by atoms with Gasteiger partial charge in [0.15, 0.2) is 0 Å². The van der Waals surface area contributed by atoms with E-state index in [0.717, 1.165) is 11.4 Å². The highest BCUT2D eigenvalue weighted by molar-refractivity contribution is 6.35. The Morgan fingerprint density at radius 1 is 1.05 bits per heavy atom. The maximum Gasteiger partial charge on any atom is 0.230 e. The van der Waals surface area contributed by atoms with Gasteiger partial charge in [-0.3, -0.25) is 4.79 Å². The SMILES string of the molecule is CC(C)(C)C(=O)Nc1ccc(Nc2cc(Cl)cc(Cl)c2)cn1. The number of benzene rings is 1. The van der Waals surface area contributed by atoms with Crippen LogP contribution in [0.15, 0.2) is 36.5 Å². The fourth-order valence-electron chi connectivity index (χ4n) is 1.64. The minimum atomic E-state index is -0.462. The maximum atomic E-state index is 11.9. The predicted molar refractivity (Wildman–Crippen MR) is 92.1 cm³/mol. The molecule has 0 unspecified atom stereocenters. The third-order valence-corrected chi connectivity index (χ3v) is 3.27. The number of pyridine rings is 1. The number of anilines is 3. The van der Waals surface area contributed by atoms with E-state index in [1.165, 1.54) is 0 Å². The van der Waals surface area contributed by atoms with Crippen molar-refractivity contribution in [1.29, 1.82) is 0 Å². The van der Waals surface area contributed by atoms with Crippen molar-refractivity contribution in [2.45, 2.75) is 20.8 Å². The zero-order valence-electron chi connectivity index (χ0n) is 12.6. The van der Waals surface area contributed by atoms with Gasteiger partial charge < -0.3 is 10.6 Å². The summed E-state index contributed by atoms with van der Waals surface area (Å²) in [6.45, 7) is 5.55. The van der Waals surface area contributed by atoms with E-state index >= 15 is 0 Å². The third-order valence-electron chi connectivity index (χ3n) is 2.84. The second kappa shape index (κ2) is 6.55. The van der Waals surface area contributed by atoms with Crippen molar-refractivity contribution in [3.05, 3.63) is 46.6 Å². The Kier molecular flexibility index (Phi) is 4.94. The molecule has 2 aromatic rings. The normalized spacial score (nSPS) is 11.1. The van der Waals surface area contributed by atoms with Crippen LogP contribution in [-0.2, 0) is 4.79 Å². The number of nitrogens with one attached hydrogen (secondary N) is 2. The number of nitrogens with zero attached hydrogens (tertiary/aromatic N) is 1. The van der Waals surface area contributed by atoms with Gasteiger partial charge in [0.25, 0.3) is 0 Å². The van der Waals surface area contributed by atoms with Crippen molar-refractivity contribution >= 4 is 46.3 Å². The average molecular weight is 338 g/mol. The van der Waals surface area contributed by atoms with Gasteiger partial charge in [0, 0.05) is 21.1 Å². The molecule has 1 aromatic heterocycles. The first-order valence-corrected chi connectivity index (χ1v) is 7.50. The fraction of sp³-hybridized carbons (Fsp3) is 0.250. The summed E-state index contributed by atoms with van der Waals surface area (Å²) >= 11 is 11.9. The molecule has 0 atom stereocenters. The molecular formula is C16H17Cl2N3O. The van der Waals surface area contributed by atoms with Gasteiger partial charge in [-0.25, -0.2) is 4.98 Å². The smallest absolute Gasteiger partial charge is 0.230 e. The molecule has 0 bridgehead atoms. The van der Waals surface area contributed by atoms with Crippen LogP contribution in [-0.4, -0.2) is 10.9 Å². The fourth-order valence-corrected chi connectivity index (χ4v) is 2.16. The lowest BCUT2D eigenvalue weighted by atomic mass is 9.96. The van der Waals surface area contributed by atoms with Crippen molar-refractivity contribution in [1.82, 2.24) is 4.98 Å². The zero-order chi connectivity index (χ0) is 16.3. The number of rotatable bonds is 3. The molecule has 2 rings (SSSR count). The molecule has 0 aliphatic carbocycles. The largest absolute Gasteiger partial charge is 0.354 e. The number of amides is 1. The Hall–Kier alpha value is -1.78. The molecular weight excluding hydrogens is 321 g/mol. The van der Waals surface area contributed by atoms with Gasteiger partial charge >= 0.3 is 0 Å². The highest BCUT2D eigenvalue weighted by atomic mass is 35.5. The molecule has 0 spiro atoms. The van der Waals surface area contributed by atoms with Gasteiger partial charge in [-0.1, -0.05) is 44.0 Å². The molecule has 2 N–H and O–H groups in total. The molecule has 1 amide bonds. The van der Waals surface area contributed by atoms with E-state index in [4.69, 9.17) is 23.2 Å². The number of carbonyl (C=O) groups is 1. The Balaban J connectivity index is 2.07. The van der Waals surface area contributed by atoms with Crippen LogP contribution in [0, 0.1) is 5.41 Å². The first kappa shape index (κ1) is 16.6. The summed E-state index contributed by atoms with van der Waals surface area (Å²) in [4.78, 5) is 16.1. The molecule has 6 heteroatoms. The average Bonchev–Trinajstić information content (AvgIpc) is 2.38. The van der Waals surface area contributed by atoms with Crippen LogP contribution >= 0.6 is 23.2 Å². The third kappa shape index (κ3) is 4.61. The summed E-state index contributed by atoms with van der Waals surface area (Å²) in [7, 11) is 0. The minimum Gasteiger partial charge on any atom is -0.354 e. The van der Waals surface area contributed by atoms with E-state index in [-0.39, 0.29) is 5.91 Å². The summed E-state index contributed by atoms with van der Waals surface area (Å²) < 4.78 is 0. The number of hydrogen-bond donors (Lipinski definition) is 2. The lowest BCUT2D eigenvalue weighted by Crippen LogP contribution is -2.27. The number of aromatic nitrogens is 1. The zero-order valence-corrected chi connectivity index (χ0v) is 14.1. The van der Waals surface area contributed by atoms with Crippen LogP contribution in [0.25, 0.3) is 0 Å². The molecule has 1 aromatic carbocycles. The second-order valence-corrected chi connectivity index (χ2v) is 6.79. The van der Waals surface area contributed by atoms with Crippen LogP contribution < -0.4 is 10.6 Å². The molecule has 22 heavy (non-hydrogen) atoms. The first-order valence-electron chi connectivity index (χ1n) is 6.75. The first-order chi connectivity index (χ1) is 10.2. The summed E-state index contributed by atoms with van der Waals surface area (Å²) in [5.74, 6) is 0.428. The van der Waals surface area contributed by atoms with Crippen LogP contribution in [0.1, 0.15) is 20.8 Å². The number of hydrogen-bond acceptors (Lipinski definition) is 3. The van der Waals surface area contributed by atoms with Crippen molar-refractivity contribution in [3.8, 4) is 0 Å². The lowest BCUT2D eigenvalue weighted by molar-refractivity contribution is -0.123. The lowest BCUT2D eigenvalue weighted by Gasteiger charge is -2.17. The maximum absolute atomic E-state index is 11.9. The van der Waals surface area contributed by atoms with Crippen molar-refractivity contribution < 1.29 is 4.79 Å². The van der Waals surface area contributed by atoms with E-state index in [2.05, 4.69) is 15.6 Å². The summed E-state index contributed by atoms with van der Waals surface area (Å²) in [6, 6.07) is 8.75. The van der Waals surface area contributed by atoms with Crippen molar-refractivity contribution in [3.63, 3.8) is 0 Å². The molecule has 0 aliphatic heterocycles. The quantitative estimate of drug-likeness (QED) is 0.817. The van der Waals surface area contributed by atoms with Crippen molar-refractivity contribution in [2.75, 3.05) is 10.6 Å². The highest BCUT2D eigenvalue weighted by Gasteiger charge is 2.21. The Morgan fingerprint density at radius 3 is 2.18 bits per heavy atom. The Bertz CT molecular complexity index is 659. The van der Waals surface area contributed by atoms with Crippen LogP contribution in [0.4, 0.5) is 17.2 Å². The van der Waals surface area contributed by atoms with Crippen LogP contribution in [0.5, 0.6) is 0 Å². The van der Waals surface area contributed by atoms with E-state index in [1.54, 1.807) is 30.5 Å². The minimum absolute atomic E-state index is 0.0812. The Morgan fingerprint density at radius 2 is 1.68 bits per heavy atom. The highest BCUT2D eigenvalue weighted by Crippen LogP contribution is 2.25. The van der Waals surface area contributed by atoms with Gasteiger partial charge in [-0.15, -0.1) is 0 Å². The van der Waals surface area contributed by atoms with Gasteiger partial charge in [0.1, 0.15) is 5.82 Å². The monoisotopic (exact) mass is 337 g/mol. The van der Waals surface area contributed by atoms with E-state index in [0.29, 0.717) is 15.9 Å². The topological polar surface area (TPSA) is 54.0 Å². The molecule has 1 heterocycles. The molecule has 0 saturated heterocycles. The summed E-state index contributed by atoms with van der Waals surface area (Å²) in [5.41, 5.74) is 1.08. The van der Waals surface area contributed by atoms with Crippen LogP contribution in [0.2, 0.25) is 10.0 Å². The van der Waals surface area contributed by atoms with Gasteiger partial charge in [0.2, 0.25) is 5.91 Å². The standard InChI is InChI=1S/C16H17Cl2N3O/c1-16(2,3)15(22)21-14-5-4-12(9-19-14)20-13-7-10(17)6-11(18)8-13/h4-9,20H,1-3H3,(H,19,21,22). The van der Waals surface area contributed by atoms with Crippen LogP contribution in [0.3, 0.4) is 0 Å². The molecule has 0 aliphatic rings. The van der Waals surface area contributed by atoms with Gasteiger partial charge in [-0.05, 0) is 30.3 Å². The number of carbonyl (C=O) groups excluding carboxylic acids is 1. The Labute approximate surface area is 139 Å².